The third kappa shape index (κ3) is 6.36. The van der Waals surface area contributed by atoms with Crippen LogP contribution in [0.25, 0.3) is 17.0 Å². The Morgan fingerprint density at radius 1 is 1.48 bits per heavy atom. The van der Waals surface area contributed by atoms with E-state index in [4.69, 9.17) is 24.6 Å². The average molecular weight is 457 g/mol. The zero-order valence-electron chi connectivity index (χ0n) is 18.5. The van der Waals surface area contributed by atoms with Gasteiger partial charge in [0.15, 0.2) is 17.2 Å². The van der Waals surface area contributed by atoms with Gasteiger partial charge in [0.25, 0.3) is 0 Å². The first-order valence-corrected chi connectivity index (χ1v) is 10.6. The summed E-state index contributed by atoms with van der Waals surface area (Å²) in [5.41, 5.74) is 1.44. The minimum atomic E-state index is -0.591. The zero-order valence-corrected chi connectivity index (χ0v) is 18.5. The second-order valence-electron chi connectivity index (χ2n) is 7.19. The minimum Gasteiger partial charge on any atom is -0.487 e. The molecule has 33 heavy (non-hydrogen) atoms. The number of aliphatic hydroxyl groups excluding tert-OH is 2. The molecule has 1 aliphatic rings. The molecule has 1 fully saturated rings. The molecule has 176 valence electrons. The van der Waals surface area contributed by atoms with Gasteiger partial charge in [-0.2, -0.15) is 5.26 Å². The number of nitrogens with one attached hydrogen (secondary N) is 1. The van der Waals surface area contributed by atoms with Crippen molar-refractivity contribution in [2.24, 2.45) is 4.99 Å². The SMILES string of the molecule is C=C(/N=C\C(C#N)=C/C)n1cnc2cc(OCCOCCO)c(NC3COCCC3O)nc21. The van der Waals surface area contributed by atoms with E-state index in [-0.39, 0.29) is 25.9 Å². The summed E-state index contributed by atoms with van der Waals surface area (Å²) in [6, 6.07) is 3.40. The van der Waals surface area contributed by atoms with Gasteiger partial charge in [-0.25, -0.2) is 15.0 Å². The van der Waals surface area contributed by atoms with Crippen LogP contribution in [0.2, 0.25) is 0 Å². The van der Waals surface area contributed by atoms with Crippen LogP contribution in [0.15, 0.2) is 35.6 Å². The van der Waals surface area contributed by atoms with E-state index in [2.05, 4.69) is 26.9 Å². The number of ether oxygens (including phenoxy) is 3. The third-order valence-corrected chi connectivity index (χ3v) is 4.92. The third-order valence-electron chi connectivity index (χ3n) is 4.92. The first kappa shape index (κ1) is 24.3. The number of imidazole rings is 1. The highest BCUT2D eigenvalue weighted by Gasteiger charge is 2.26. The van der Waals surface area contributed by atoms with Crippen molar-refractivity contribution in [3.05, 3.63) is 30.6 Å². The van der Waals surface area contributed by atoms with Gasteiger partial charge in [-0.15, -0.1) is 0 Å². The molecule has 2 aromatic heterocycles. The maximum absolute atomic E-state index is 10.3. The molecule has 2 atom stereocenters. The first-order valence-electron chi connectivity index (χ1n) is 10.6. The quantitative estimate of drug-likeness (QED) is 0.259. The van der Waals surface area contributed by atoms with E-state index in [0.717, 1.165) is 0 Å². The molecule has 3 N–H and O–H groups in total. The number of nitrogens with zero attached hydrogens (tertiary/aromatic N) is 5. The highest BCUT2D eigenvalue weighted by molar-refractivity contribution is 5.87. The predicted molar refractivity (Wildman–Crippen MR) is 123 cm³/mol. The number of aliphatic imine (C=N–C) groups is 1. The van der Waals surface area contributed by atoms with E-state index >= 15 is 0 Å². The van der Waals surface area contributed by atoms with Crippen molar-refractivity contribution in [3.8, 4) is 11.8 Å². The summed E-state index contributed by atoms with van der Waals surface area (Å²) >= 11 is 0. The van der Waals surface area contributed by atoms with Crippen LogP contribution < -0.4 is 10.1 Å². The Balaban J connectivity index is 1.89. The molecule has 0 spiro atoms. The summed E-state index contributed by atoms with van der Waals surface area (Å²) in [7, 11) is 0. The molecule has 0 amide bonds. The van der Waals surface area contributed by atoms with Gasteiger partial charge in [0.1, 0.15) is 30.3 Å². The van der Waals surface area contributed by atoms with Gasteiger partial charge in [0.05, 0.1) is 44.1 Å². The summed E-state index contributed by atoms with van der Waals surface area (Å²) in [5.74, 6) is 1.18. The number of aliphatic hydroxyl groups is 2. The summed E-state index contributed by atoms with van der Waals surface area (Å²) in [6.45, 7) is 7.22. The van der Waals surface area contributed by atoms with Crippen LogP contribution in [-0.4, -0.2) is 82.7 Å². The summed E-state index contributed by atoms with van der Waals surface area (Å²) < 4.78 is 18.2. The molecule has 2 aromatic rings. The van der Waals surface area contributed by atoms with E-state index in [1.54, 1.807) is 23.6 Å². The standard InChI is InChI=1S/C22H28N6O5/c1-3-16(11-23)12-24-15(2)28-14-25-17-10-20(33-9-8-31-7-5-29)21(27-22(17)28)26-18-13-32-6-4-19(18)30/h3,10,12,14,18-19,29-30H,2,4-9,13H2,1H3,(H,26,27)/b16-3-,24-12-. The second-order valence-corrected chi connectivity index (χ2v) is 7.19. The largest absolute Gasteiger partial charge is 0.487 e. The molecule has 11 heteroatoms. The monoisotopic (exact) mass is 456 g/mol. The fourth-order valence-electron chi connectivity index (χ4n) is 3.12. The Morgan fingerprint density at radius 3 is 3.06 bits per heavy atom. The van der Waals surface area contributed by atoms with Gasteiger partial charge < -0.3 is 29.7 Å². The van der Waals surface area contributed by atoms with Crippen molar-refractivity contribution in [2.45, 2.75) is 25.5 Å². The number of hydrogen-bond acceptors (Lipinski definition) is 10. The van der Waals surface area contributed by atoms with Crippen molar-refractivity contribution >= 4 is 29.0 Å². The highest BCUT2D eigenvalue weighted by Crippen LogP contribution is 2.29. The predicted octanol–water partition coefficient (Wildman–Crippen LogP) is 1.35. The van der Waals surface area contributed by atoms with Gasteiger partial charge in [0, 0.05) is 18.9 Å². The number of anilines is 1. The van der Waals surface area contributed by atoms with E-state index in [9.17, 15) is 5.11 Å². The van der Waals surface area contributed by atoms with Gasteiger partial charge in [0.2, 0.25) is 0 Å². The number of rotatable bonds is 11. The fraction of sp³-hybridized carbons (Fsp3) is 0.455. The van der Waals surface area contributed by atoms with Crippen molar-refractivity contribution in [3.63, 3.8) is 0 Å². The average Bonchev–Trinajstić information content (AvgIpc) is 3.23. The van der Waals surface area contributed by atoms with Crippen molar-refractivity contribution in [1.29, 1.82) is 5.26 Å². The Labute approximate surface area is 191 Å². The number of fused-ring (bicyclic) bond motifs is 1. The Morgan fingerprint density at radius 2 is 2.33 bits per heavy atom. The van der Waals surface area contributed by atoms with Crippen LogP contribution in [0.1, 0.15) is 13.3 Å². The lowest BCUT2D eigenvalue weighted by atomic mass is 10.1. The van der Waals surface area contributed by atoms with Gasteiger partial charge in [-0.3, -0.25) is 4.57 Å². The van der Waals surface area contributed by atoms with E-state index < -0.39 is 6.10 Å². The maximum atomic E-state index is 10.3. The number of hydrogen-bond donors (Lipinski definition) is 3. The van der Waals surface area contributed by atoms with Gasteiger partial charge in [-0.05, 0) is 13.3 Å². The summed E-state index contributed by atoms with van der Waals surface area (Å²) in [6.07, 6.45) is 4.53. The lowest BCUT2D eigenvalue weighted by Crippen LogP contribution is -2.42. The highest BCUT2D eigenvalue weighted by atomic mass is 16.5. The van der Waals surface area contributed by atoms with Gasteiger partial charge >= 0.3 is 0 Å². The Kier molecular flexibility index (Phi) is 8.91. The van der Waals surface area contributed by atoms with E-state index in [1.165, 1.54) is 12.5 Å². The van der Waals surface area contributed by atoms with Crippen LogP contribution in [0.5, 0.6) is 5.75 Å². The molecule has 3 heterocycles. The minimum absolute atomic E-state index is 0.0619. The second kappa shape index (κ2) is 12.1. The lowest BCUT2D eigenvalue weighted by Gasteiger charge is -2.29. The number of allylic oxidation sites excluding steroid dienone is 2. The summed E-state index contributed by atoms with van der Waals surface area (Å²) in [5, 5.41) is 31.4. The molecule has 1 aliphatic heterocycles. The lowest BCUT2D eigenvalue weighted by molar-refractivity contribution is 0.00296. The van der Waals surface area contributed by atoms with Crippen LogP contribution >= 0.6 is 0 Å². The molecule has 0 aliphatic carbocycles. The molecule has 3 rings (SSSR count). The maximum Gasteiger partial charge on any atom is 0.171 e. The first-order chi connectivity index (χ1) is 16.1. The normalized spacial score (nSPS) is 19.0. The van der Waals surface area contributed by atoms with Crippen molar-refractivity contribution in [2.75, 3.05) is 45.0 Å². The molecule has 0 saturated carbocycles. The molecule has 0 radical (unpaired) electrons. The topological polar surface area (TPSA) is 147 Å². The number of pyridine rings is 1. The van der Waals surface area contributed by atoms with Crippen molar-refractivity contribution < 1.29 is 24.4 Å². The molecule has 0 bridgehead atoms. The van der Waals surface area contributed by atoms with Gasteiger partial charge in [-0.1, -0.05) is 12.7 Å². The molecule has 11 nitrogen and oxygen atoms in total. The van der Waals surface area contributed by atoms with E-state index in [0.29, 0.717) is 60.4 Å². The van der Waals surface area contributed by atoms with Crippen LogP contribution in [0.4, 0.5) is 5.82 Å². The molecular weight excluding hydrogens is 428 g/mol. The van der Waals surface area contributed by atoms with Crippen LogP contribution in [0, 0.1) is 11.3 Å². The van der Waals surface area contributed by atoms with Crippen LogP contribution in [-0.2, 0) is 9.47 Å². The Bertz CT molecular complexity index is 1060. The zero-order chi connectivity index (χ0) is 23.6. The fourth-order valence-corrected chi connectivity index (χ4v) is 3.12. The number of nitriles is 1. The van der Waals surface area contributed by atoms with Crippen molar-refractivity contribution in [1.82, 2.24) is 14.5 Å². The smallest absolute Gasteiger partial charge is 0.171 e. The number of aromatic nitrogens is 3. The Hall–Kier alpha value is -3.30. The van der Waals surface area contributed by atoms with Crippen LogP contribution in [0.3, 0.4) is 0 Å². The molecule has 2 unspecified atom stereocenters. The summed E-state index contributed by atoms with van der Waals surface area (Å²) in [4.78, 5) is 13.3. The molecule has 1 saturated heterocycles. The van der Waals surface area contributed by atoms with E-state index in [1.807, 2.05) is 6.07 Å². The molecular formula is C22H28N6O5. The molecule has 0 aromatic carbocycles.